The van der Waals surface area contributed by atoms with Gasteiger partial charge in [0.05, 0.1) is 26.7 Å². The van der Waals surface area contributed by atoms with Crippen LogP contribution in [0.15, 0.2) is 12.2 Å². The molecule has 0 bridgehead atoms. The minimum Gasteiger partial charge on any atom is -1.00 e. The zero-order valence-corrected chi connectivity index (χ0v) is 22.1. The van der Waals surface area contributed by atoms with Gasteiger partial charge in [0.1, 0.15) is 13.1 Å². The summed E-state index contributed by atoms with van der Waals surface area (Å²) in [5.41, 5.74) is 0. The third-order valence-corrected chi connectivity index (χ3v) is 6.44. The normalized spacial score (nSPS) is 11.8. The van der Waals surface area contributed by atoms with Crippen LogP contribution in [0.4, 0.5) is 0 Å². The molecule has 0 aliphatic heterocycles. The molecule has 0 aliphatic rings. The van der Waals surface area contributed by atoms with Crippen molar-refractivity contribution in [3.8, 4) is 0 Å². The van der Waals surface area contributed by atoms with Crippen LogP contribution in [0.1, 0.15) is 122 Å². The quantitative estimate of drug-likeness (QED) is 0.135. The number of aliphatic hydroxyl groups is 2. The summed E-state index contributed by atoms with van der Waals surface area (Å²) >= 11 is 0. The summed E-state index contributed by atoms with van der Waals surface area (Å²) in [5.74, 6) is 0.143. The Morgan fingerprint density at radius 1 is 0.656 bits per heavy atom. The number of halogens is 1. The van der Waals surface area contributed by atoms with Gasteiger partial charge in [0.2, 0.25) is 0 Å². The molecule has 2 N–H and O–H groups in total. The maximum atomic E-state index is 12.4. The lowest BCUT2D eigenvalue weighted by molar-refractivity contribution is -0.835. The molecule has 0 heterocycles. The van der Waals surface area contributed by atoms with E-state index in [0.717, 1.165) is 12.8 Å². The smallest absolute Gasteiger partial charge is 0.313 e. The van der Waals surface area contributed by atoms with Crippen molar-refractivity contribution < 1.29 is 31.9 Å². The first-order chi connectivity index (χ1) is 15.1. The van der Waals surface area contributed by atoms with Gasteiger partial charge in [-0.15, -0.1) is 0 Å². The summed E-state index contributed by atoms with van der Waals surface area (Å²) in [4.78, 5) is 12.4. The highest BCUT2D eigenvalue weighted by atomic mass is 35.5. The van der Waals surface area contributed by atoms with Gasteiger partial charge >= 0.3 is 5.91 Å². The number of rotatable bonds is 23. The summed E-state index contributed by atoms with van der Waals surface area (Å²) < 4.78 is 0.154. The van der Waals surface area contributed by atoms with E-state index in [1.807, 2.05) is 7.05 Å². The molecule has 0 rings (SSSR count). The van der Waals surface area contributed by atoms with Crippen LogP contribution < -0.4 is 12.4 Å². The number of unbranched alkanes of at least 4 members (excludes halogenated alkanes) is 15. The third kappa shape index (κ3) is 20.2. The minimum absolute atomic E-state index is 0. The molecule has 0 spiro atoms. The zero-order valence-electron chi connectivity index (χ0n) is 21.3. The number of hydrogen-bond acceptors (Lipinski definition) is 3. The second-order valence-electron chi connectivity index (χ2n) is 9.43. The van der Waals surface area contributed by atoms with Gasteiger partial charge in [-0.05, 0) is 32.1 Å². The third-order valence-electron chi connectivity index (χ3n) is 6.44. The molecule has 0 aromatic heterocycles. The number of quaternary nitrogens is 1. The van der Waals surface area contributed by atoms with Gasteiger partial charge in [-0.3, -0.25) is 4.48 Å². The standard InChI is InChI=1S/C27H54NO3.ClH/c1-3-4-5-6-7-8-9-10-11-12-13-14-15-16-17-18-19-20-21-22-27(31)28(2,23-25-29)24-26-30;/h10-11,29-30H,3-9,12-26H2,1-2H3;1H/q+1;/p-1/b11-10-;. The Labute approximate surface area is 205 Å². The number of hydrogen-bond donors (Lipinski definition) is 2. The number of allylic oxidation sites excluding steroid dienone is 2. The van der Waals surface area contributed by atoms with E-state index in [1.54, 1.807) is 0 Å². The van der Waals surface area contributed by atoms with Crippen molar-refractivity contribution in [1.29, 1.82) is 0 Å². The van der Waals surface area contributed by atoms with Crippen LogP contribution in [0.3, 0.4) is 0 Å². The highest BCUT2D eigenvalue weighted by Crippen LogP contribution is 2.14. The SMILES string of the molecule is CCCCCCCC/C=C\CCCCCCCCCCCC(=O)[N+](C)(CCO)CCO.[Cl-]. The van der Waals surface area contributed by atoms with E-state index >= 15 is 0 Å². The molecule has 32 heavy (non-hydrogen) atoms. The number of carbonyl (C=O) groups excluding carboxylic acids is 1. The fourth-order valence-corrected chi connectivity index (χ4v) is 4.13. The summed E-state index contributed by atoms with van der Waals surface area (Å²) in [7, 11) is 1.82. The second-order valence-corrected chi connectivity index (χ2v) is 9.43. The van der Waals surface area contributed by atoms with E-state index in [1.165, 1.54) is 96.3 Å². The average molecular weight is 476 g/mol. The monoisotopic (exact) mass is 475 g/mol. The van der Waals surface area contributed by atoms with E-state index < -0.39 is 0 Å². The molecule has 1 amide bonds. The van der Waals surface area contributed by atoms with Crippen molar-refractivity contribution in [2.24, 2.45) is 0 Å². The molecule has 0 radical (unpaired) electrons. The first-order valence-corrected chi connectivity index (χ1v) is 13.4. The van der Waals surface area contributed by atoms with E-state index in [-0.39, 0.29) is 36.0 Å². The average Bonchev–Trinajstić information content (AvgIpc) is 2.75. The van der Waals surface area contributed by atoms with Crippen LogP contribution in [0.25, 0.3) is 0 Å². The van der Waals surface area contributed by atoms with Crippen molar-refractivity contribution in [2.45, 2.75) is 122 Å². The summed E-state index contributed by atoms with van der Waals surface area (Å²) in [6.07, 6.45) is 27.3. The van der Waals surface area contributed by atoms with Crippen LogP contribution in [-0.2, 0) is 4.79 Å². The lowest BCUT2D eigenvalue weighted by atomic mass is 10.0. The molecule has 192 valence electrons. The number of aliphatic hydroxyl groups excluding tert-OH is 2. The zero-order chi connectivity index (χ0) is 23.0. The first kappa shape index (κ1) is 33.8. The molecule has 5 heteroatoms. The Kier molecular flexibility index (Phi) is 26.6. The molecule has 0 atom stereocenters. The topological polar surface area (TPSA) is 57.5 Å². The molecule has 4 nitrogen and oxygen atoms in total. The molecule has 0 fully saturated rings. The molecule has 0 saturated heterocycles. The van der Waals surface area contributed by atoms with Gasteiger partial charge in [-0.25, -0.2) is 4.79 Å². The Bertz CT molecular complexity index is 423. The molecule has 0 saturated carbocycles. The Morgan fingerprint density at radius 2 is 1.03 bits per heavy atom. The largest absolute Gasteiger partial charge is 1.00 e. The predicted octanol–water partition coefficient (Wildman–Crippen LogP) is 3.55. The van der Waals surface area contributed by atoms with Gasteiger partial charge in [-0.2, -0.15) is 0 Å². The second kappa shape index (κ2) is 25.2. The van der Waals surface area contributed by atoms with E-state index in [4.69, 9.17) is 10.2 Å². The molecule has 0 unspecified atom stereocenters. The van der Waals surface area contributed by atoms with Crippen LogP contribution in [0, 0.1) is 0 Å². The van der Waals surface area contributed by atoms with Gasteiger partial charge in [-0.1, -0.05) is 96.1 Å². The highest BCUT2D eigenvalue weighted by molar-refractivity contribution is 5.68. The molecule has 0 aliphatic carbocycles. The lowest BCUT2D eigenvalue weighted by Crippen LogP contribution is -3.00. The lowest BCUT2D eigenvalue weighted by Gasteiger charge is -2.30. The van der Waals surface area contributed by atoms with Gasteiger partial charge in [0.25, 0.3) is 0 Å². The predicted molar refractivity (Wildman–Crippen MR) is 133 cm³/mol. The Morgan fingerprint density at radius 3 is 1.44 bits per heavy atom. The fraction of sp³-hybridized carbons (Fsp3) is 0.889. The van der Waals surface area contributed by atoms with E-state index in [0.29, 0.717) is 19.5 Å². The van der Waals surface area contributed by atoms with Crippen LogP contribution in [0.5, 0.6) is 0 Å². The molecular formula is C27H54ClNO3. The fourth-order valence-electron chi connectivity index (χ4n) is 4.13. The summed E-state index contributed by atoms with van der Waals surface area (Å²) in [6.45, 7) is 3.03. The molecular weight excluding hydrogens is 422 g/mol. The van der Waals surface area contributed by atoms with E-state index in [2.05, 4.69) is 19.1 Å². The molecule has 0 aromatic carbocycles. The number of likely N-dealkylation sites (N-methyl/N-ethyl adjacent to an activating group) is 1. The maximum absolute atomic E-state index is 12.4. The van der Waals surface area contributed by atoms with Crippen LogP contribution >= 0.6 is 0 Å². The highest BCUT2D eigenvalue weighted by Gasteiger charge is 2.29. The summed E-state index contributed by atoms with van der Waals surface area (Å²) in [5, 5.41) is 18.3. The van der Waals surface area contributed by atoms with Crippen molar-refractivity contribution in [3.05, 3.63) is 12.2 Å². The number of carbonyl (C=O) groups is 1. The first-order valence-electron chi connectivity index (χ1n) is 13.4. The van der Waals surface area contributed by atoms with Gasteiger partial charge < -0.3 is 22.6 Å². The van der Waals surface area contributed by atoms with Crippen LogP contribution in [0.2, 0.25) is 0 Å². The molecule has 0 aromatic rings. The minimum atomic E-state index is -0.0161. The van der Waals surface area contributed by atoms with E-state index in [9.17, 15) is 4.79 Å². The van der Waals surface area contributed by atoms with Crippen molar-refractivity contribution in [3.63, 3.8) is 0 Å². The van der Waals surface area contributed by atoms with Crippen LogP contribution in [-0.4, -0.2) is 54.0 Å². The number of nitrogens with zero attached hydrogens (tertiary/aromatic N) is 1. The maximum Gasteiger partial charge on any atom is 0.313 e. The van der Waals surface area contributed by atoms with Crippen molar-refractivity contribution in [2.75, 3.05) is 33.4 Å². The van der Waals surface area contributed by atoms with Gasteiger partial charge in [0.15, 0.2) is 0 Å². The van der Waals surface area contributed by atoms with Crippen molar-refractivity contribution >= 4 is 5.91 Å². The van der Waals surface area contributed by atoms with Crippen molar-refractivity contribution in [1.82, 2.24) is 0 Å². The Balaban J connectivity index is 0. The summed E-state index contributed by atoms with van der Waals surface area (Å²) in [6, 6.07) is 0. The number of amides is 1. The Hall–Kier alpha value is -0.420. The van der Waals surface area contributed by atoms with Gasteiger partial charge in [0, 0.05) is 0 Å².